The van der Waals surface area contributed by atoms with Gasteiger partial charge in [-0.2, -0.15) is 4.98 Å². The summed E-state index contributed by atoms with van der Waals surface area (Å²) in [5.74, 6) is 1.51. The lowest BCUT2D eigenvalue weighted by atomic mass is 10.1. The quantitative estimate of drug-likeness (QED) is 0.863. The molecule has 0 spiro atoms. The number of furan rings is 1. The van der Waals surface area contributed by atoms with E-state index in [4.69, 9.17) is 4.42 Å². The number of amides is 2. The first-order chi connectivity index (χ1) is 12.0. The van der Waals surface area contributed by atoms with E-state index in [1.54, 1.807) is 29.3 Å². The molecule has 25 heavy (non-hydrogen) atoms. The SMILES string of the molecule is CN(C)c1ccnc(NC(=O)N2CCC[C@H]2C[C@@H](O)c2ccco2)n1. The topological polar surface area (TPSA) is 94.7 Å². The molecule has 0 saturated carbocycles. The minimum atomic E-state index is -0.721. The molecule has 1 aliphatic heterocycles. The number of aromatic nitrogens is 2. The summed E-state index contributed by atoms with van der Waals surface area (Å²) in [6, 6.07) is 4.97. The fraction of sp³-hybridized carbons (Fsp3) is 0.471. The van der Waals surface area contributed by atoms with Gasteiger partial charge in [-0.1, -0.05) is 0 Å². The zero-order valence-electron chi connectivity index (χ0n) is 14.4. The van der Waals surface area contributed by atoms with Gasteiger partial charge in [-0.25, -0.2) is 9.78 Å². The second kappa shape index (κ2) is 7.52. The van der Waals surface area contributed by atoms with Gasteiger partial charge in [-0.3, -0.25) is 5.32 Å². The van der Waals surface area contributed by atoms with Gasteiger partial charge in [0.05, 0.1) is 6.26 Å². The molecule has 134 valence electrons. The number of carbonyl (C=O) groups is 1. The lowest BCUT2D eigenvalue weighted by Gasteiger charge is -2.26. The Hall–Kier alpha value is -2.61. The van der Waals surface area contributed by atoms with Crippen molar-refractivity contribution >= 4 is 17.8 Å². The normalized spacial score (nSPS) is 18.2. The summed E-state index contributed by atoms with van der Waals surface area (Å²) in [6.45, 7) is 0.648. The Labute approximate surface area is 146 Å². The highest BCUT2D eigenvalue weighted by molar-refractivity contribution is 5.88. The predicted molar refractivity (Wildman–Crippen MR) is 93.4 cm³/mol. The van der Waals surface area contributed by atoms with Gasteiger partial charge < -0.3 is 19.3 Å². The average molecular weight is 345 g/mol. The molecule has 1 fully saturated rings. The van der Waals surface area contributed by atoms with Gasteiger partial charge in [-0.15, -0.1) is 0 Å². The van der Waals surface area contributed by atoms with Crippen molar-refractivity contribution in [2.24, 2.45) is 0 Å². The van der Waals surface area contributed by atoms with Crippen molar-refractivity contribution in [3.8, 4) is 0 Å². The van der Waals surface area contributed by atoms with Gasteiger partial charge >= 0.3 is 6.03 Å². The van der Waals surface area contributed by atoms with Crippen LogP contribution in [0.2, 0.25) is 0 Å². The van der Waals surface area contributed by atoms with Crippen LogP contribution in [0, 0.1) is 0 Å². The highest BCUT2D eigenvalue weighted by atomic mass is 16.4. The van der Waals surface area contributed by atoms with Crippen LogP contribution in [-0.2, 0) is 0 Å². The summed E-state index contributed by atoms with van der Waals surface area (Å²) in [5.41, 5.74) is 0. The number of anilines is 2. The van der Waals surface area contributed by atoms with Gasteiger partial charge in [-0.05, 0) is 31.0 Å². The molecule has 1 saturated heterocycles. The van der Waals surface area contributed by atoms with Gasteiger partial charge in [0.2, 0.25) is 5.95 Å². The van der Waals surface area contributed by atoms with Crippen molar-refractivity contribution in [3.63, 3.8) is 0 Å². The number of likely N-dealkylation sites (tertiary alicyclic amines) is 1. The van der Waals surface area contributed by atoms with Crippen molar-refractivity contribution < 1.29 is 14.3 Å². The number of aliphatic hydroxyl groups is 1. The molecule has 1 aliphatic rings. The highest BCUT2D eigenvalue weighted by Gasteiger charge is 2.31. The largest absolute Gasteiger partial charge is 0.467 e. The zero-order chi connectivity index (χ0) is 17.8. The Morgan fingerprint density at radius 2 is 2.36 bits per heavy atom. The van der Waals surface area contributed by atoms with Crippen molar-refractivity contribution in [3.05, 3.63) is 36.4 Å². The zero-order valence-corrected chi connectivity index (χ0v) is 14.4. The maximum atomic E-state index is 12.6. The molecule has 2 amide bonds. The fourth-order valence-electron chi connectivity index (χ4n) is 3.03. The molecule has 2 aromatic heterocycles. The molecular weight excluding hydrogens is 322 g/mol. The first-order valence-corrected chi connectivity index (χ1v) is 8.34. The molecule has 2 N–H and O–H groups in total. The van der Waals surface area contributed by atoms with Crippen LogP contribution >= 0.6 is 0 Å². The minimum Gasteiger partial charge on any atom is -0.467 e. The molecular formula is C17H23N5O3. The lowest BCUT2D eigenvalue weighted by molar-refractivity contribution is 0.110. The lowest BCUT2D eigenvalue weighted by Crippen LogP contribution is -2.39. The number of aliphatic hydroxyl groups excluding tert-OH is 1. The van der Waals surface area contributed by atoms with E-state index in [0.29, 0.717) is 18.7 Å². The Balaban J connectivity index is 1.63. The molecule has 0 aromatic carbocycles. The third-order valence-corrected chi connectivity index (χ3v) is 4.32. The summed E-state index contributed by atoms with van der Waals surface area (Å²) in [5, 5.41) is 13.0. The van der Waals surface area contributed by atoms with Crippen molar-refractivity contribution in [1.29, 1.82) is 0 Å². The van der Waals surface area contributed by atoms with Crippen LogP contribution < -0.4 is 10.2 Å². The van der Waals surface area contributed by atoms with E-state index in [1.807, 2.05) is 19.0 Å². The van der Waals surface area contributed by atoms with Gasteiger partial charge in [0.1, 0.15) is 17.7 Å². The third-order valence-electron chi connectivity index (χ3n) is 4.32. The van der Waals surface area contributed by atoms with Crippen molar-refractivity contribution in [1.82, 2.24) is 14.9 Å². The summed E-state index contributed by atoms with van der Waals surface area (Å²) >= 11 is 0. The van der Waals surface area contributed by atoms with Gasteiger partial charge in [0.25, 0.3) is 0 Å². The molecule has 3 rings (SSSR count). The van der Waals surface area contributed by atoms with Crippen LogP contribution in [0.4, 0.5) is 16.6 Å². The first kappa shape index (κ1) is 17.2. The van der Waals surface area contributed by atoms with Gasteiger partial charge in [0, 0.05) is 39.3 Å². The van der Waals surface area contributed by atoms with Crippen LogP contribution in [0.25, 0.3) is 0 Å². The van der Waals surface area contributed by atoms with Crippen LogP contribution in [-0.4, -0.2) is 52.7 Å². The van der Waals surface area contributed by atoms with Crippen LogP contribution in [0.3, 0.4) is 0 Å². The Morgan fingerprint density at radius 1 is 1.52 bits per heavy atom. The standard InChI is InChI=1S/C17H23N5O3/c1-21(2)15-7-8-18-16(19-15)20-17(24)22-9-3-5-12(22)11-13(23)14-6-4-10-25-14/h4,6-8,10,12-13,23H,3,5,9,11H2,1-2H3,(H,18,19,20,24)/t12-,13+/m0/s1. The molecule has 0 unspecified atom stereocenters. The molecule has 8 heteroatoms. The molecule has 3 heterocycles. The van der Waals surface area contributed by atoms with E-state index in [2.05, 4.69) is 15.3 Å². The number of rotatable bonds is 5. The van der Waals surface area contributed by atoms with Crippen molar-refractivity contribution in [2.75, 3.05) is 30.9 Å². The smallest absolute Gasteiger partial charge is 0.324 e. The van der Waals surface area contributed by atoms with Gasteiger partial charge in [0.15, 0.2) is 0 Å². The minimum absolute atomic E-state index is 0.0443. The van der Waals surface area contributed by atoms with Crippen molar-refractivity contribution in [2.45, 2.75) is 31.4 Å². The number of nitrogens with one attached hydrogen (secondary N) is 1. The van der Waals surface area contributed by atoms with E-state index in [0.717, 1.165) is 18.7 Å². The Bertz CT molecular complexity index is 704. The number of hydrogen-bond donors (Lipinski definition) is 2. The maximum absolute atomic E-state index is 12.6. The molecule has 0 aliphatic carbocycles. The van der Waals surface area contributed by atoms with Crippen LogP contribution in [0.15, 0.2) is 35.1 Å². The number of carbonyl (C=O) groups excluding carboxylic acids is 1. The number of urea groups is 1. The molecule has 2 atom stereocenters. The van der Waals surface area contributed by atoms with Crippen LogP contribution in [0.1, 0.15) is 31.1 Å². The highest BCUT2D eigenvalue weighted by Crippen LogP contribution is 2.28. The second-order valence-electron chi connectivity index (χ2n) is 6.32. The monoisotopic (exact) mass is 345 g/mol. The average Bonchev–Trinajstić information content (AvgIpc) is 3.26. The summed E-state index contributed by atoms with van der Waals surface area (Å²) < 4.78 is 5.24. The predicted octanol–water partition coefficient (Wildman–Crippen LogP) is 2.26. The van der Waals surface area contributed by atoms with E-state index < -0.39 is 6.10 Å². The second-order valence-corrected chi connectivity index (χ2v) is 6.32. The molecule has 0 bridgehead atoms. The number of nitrogens with zero attached hydrogens (tertiary/aromatic N) is 4. The molecule has 2 aromatic rings. The Morgan fingerprint density at radius 3 is 3.08 bits per heavy atom. The molecule has 0 radical (unpaired) electrons. The Kier molecular flexibility index (Phi) is 5.18. The maximum Gasteiger partial charge on any atom is 0.324 e. The summed E-state index contributed by atoms with van der Waals surface area (Å²) in [6.07, 6.45) is 4.62. The number of hydrogen-bond acceptors (Lipinski definition) is 6. The van der Waals surface area contributed by atoms with E-state index >= 15 is 0 Å². The van der Waals surface area contributed by atoms with E-state index in [9.17, 15) is 9.90 Å². The first-order valence-electron chi connectivity index (χ1n) is 8.34. The fourth-order valence-corrected chi connectivity index (χ4v) is 3.03. The van der Waals surface area contributed by atoms with Crippen LogP contribution in [0.5, 0.6) is 0 Å². The van der Waals surface area contributed by atoms with E-state index in [1.165, 1.54) is 6.26 Å². The summed E-state index contributed by atoms with van der Waals surface area (Å²) in [7, 11) is 3.75. The van der Waals surface area contributed by atoms with E-state index in [-0.39, 0.29) is 18.0 Å². The summed E-state index contributed by atoms with van der Waals surface area (Å²) in [4.78, 5) is 24.6. The third kappa shape index (κ3) is 4.08. The molecule has 8 nitrogen and oxygen atoms in total.